The number of carbonyl (C=O) groups excluding carboxylic acids is 2. The molecule has 9 rings (SSSR count). The van der Waals surface area contributed by atoms with Gasteiger partial charge in [-0.3, -0.25) is 32.6 Å². The minimum Gasteiger partial charge on any atom is -0.424 e. The van der Waals surface area contributed by atoms with Gasteiger partial charge in [-0.05, 0) is 90.9 Å². The lowest BCUT2D eigenvalue weighted by Gasteiger charge is -2.26. The molecule has 384 valence electrons. The van der Waals surface area contributed by atoms with Crippen LogP contribution in [0, 0.1) is 11.8 Å². The van der Waals surface area contributed by atoms with Crippen LogP contribution < -0.4 is 26.2 Å². The van der Waals surface area contributed by atoms with Gasteiger partial charge in [0.2, 0.25) is 11.9 Å². The predicted octanol–water partition coefficient (Wildman–Crippen LogP) is 6.67. The van der Waals surface area contributed by atoms with E-state index in [1.54, 1.807) is 6.07 Å². The number of nitrogens with zero attached hydrogens (tertiary/aromatic N) is 4. The maximum Gasteiger partial charge on any atom is 0.328 e. The third-order valence-corrected chi connectivity index (χ3v) is 16.1. The van der Waals surface area contributed by atoms with Crippen LogP contribution in [0.15, 0.2) is 121 Å². The fraction of sp³-hybridized carbons (Fsp3) is 0.191. The fourth-order valence-corrected chi connectivity index (χ4v) is 11.6. The van der Waals surface area contributed by atoms with Gasteiger partial charge in [-0.25, -0.2) is 0 Å². The van der Waals surface area contributed by atoms with Gasteiger partial charge >= 0.3 is 6.01 Å². The number of nitrogens with one attached hydrogen (secondary N) is 3. The van der Waals surface area contributed by atoms with E-state index in [1.807, 2.05) is 0 Å². The number of hydrogen-bond donors (Lipinski definition) is 7. The monoisotopic (exact) mass is 1090 g/mol. The molecule has 7 aromatic rings. The predicted molar refractivity (Wildman–Crippen MR) is 266 cm³/mol. The van der Waals surface area contributed by atoms with Crippen molar-refractivity contribution in [1.82, 2.24) is 19.5 Å². The molecule has 2 heterocycles. The SMILES string of the molecule is CC1CCCC(CNc2nc(Nc3cc(Nc4ccc5c6c4C(=O)c4ccccc4-c6c(C(=O)c4cccc(S(=O)(=O)O)c4)c(=O)n5C)c(S(=O)(=O)O)cc3S(=O)(=O)O)nc(Oc3ccc(S(=O)(=O)O)cc3)n2)C1. The van der Waals surface area contributed by atoms with E-state index in [0.29, 0.717) is 18.5 Å². The summed E-state index contributed by atoms with van der Waals surface area (Å²) in [6.07, 6.45) is 3.84. The molecule has 2 aliphatic rings. The lowest BCUT2D eigenvalue weighted by atomic mass is 9.80. The minimum absolute atomic E-state index is 0.00977. The summed E-state index contributed by atoms with van der Waals surface area (Å²) < 4.78 is 147. The van der Waals surface area contributed by atoms with E-state index in [-0.39, 0.29) is 62.0 Å². The molecule has 2 aromatic heterocycles. The third-order valence-electron chi connectivity index (χ3n) is 12.5. The number of ketones is 2. The van der Waals surface area contributed by atoms with Gasteiger partial charge in [0.1, 0.15) is 15.5 Å². The summed E-state index contributed by atoms with van der Waals surface area (Å²) >= 11 is 0. The van der Waals surface area contributed by atoms with Gasteiger partial charge in [-0.1, -0.05) is 56.2 Å². The number of hydrogen-bond acceptors (Lipinski definition) is 18. The normalized spacial score (nSPS) is 15.8. The molecule has 1 fully saturated rings. The summed E-state index contributed by atoms with van der Waals surface area (Å²) in [5, 5.41) is 8.55. The second-order valence-electron chi connectivity index (χ2n) is 17.6. The van der Waals surface area contributed by atoms with Crippen molar-refractivity contribution in [3.63, 3.8) is 0 Å². The van der Waals surface area contributed by atoms with Crippen LogP contribution in [0.2, 0.25) is 0 Å². The van der Waals surface area contributed by atoms with Gasteiger partial charge in [0, 0.05) is 35.7 Å². The van der Waals surface area contributed by atoms with Crippen molar-refractivity contribution in [3.8, 4) is 22.9 Å². The van der Waals surface area contributed by atoms with Crippen molar-refractivity contribution in [3.05, 3.63) is 130 Å². The molecule has 74 heavy (non-hydrogen) atoms. The third kappa shape index (κ3) is 10.2. The van der Waals surface area contributed by atoms with Crippen LogP contribution in [0.1, 0.15) is 64.4 Å². The number of rotatable bonds is 15. The number of fused-ring (bicyclic) bond motifs is 2. The summed E-state index contributed by atoms with van der Waals surface area (Å²) in [7, 11) is -18.9. The lowest BCUT2D eigenvalue weighted by molar-refractivity contribution is 0.102. The molecule has 5 aromatic carbocycles. The Labute approximate surface area is 421 Å². The van der Waals surface area contributed by atoms with Crippen LogP contribution in [-0.2, 0) is 47.5 Å². The van der Waals surface area contributed by atoms with Crippen molar-refractivity contribution in [2.45, 2.75) is 52.2 Å². The molecule has 0 bridgehead atoms. The maximum atomic E-state index is 14.7. The first-order valence-corrected chi connectivity index (χ1v) is 27.9. The molecule has 27 heteroatoms. The van der Waals surface area contributed by atoms with Gasteiger partial charge in [-0.15, -0.1) is 0 Å². The molecule has 0 saturated heterocycles. The molecule has 1 saturated carbocycles. The van der Waals surface area contributed by atoms with Crippen LogP contribution in [0.25, 0.3) is 22.0 Å². The molecule has 2 atom stereocenters. The first-order chi connectivity index (χ1) is 34.8. The van der Waals surface area contributed by atoms with Gasteiger partial charge < -0.3 is 25.3 Å². The van der Waals surface area contributed by atoms with Crippen LogP contribution in [0.5, 0.6) is 11.8 Å². The van der Waals surface area contributed by atoms with E-state index in [9.17, 15) is 66.3 Å². The van der Waals surface area contributed by atoms with Crippen LogP contribution in [-0.4, -0.2) is 89.5 Å². The molecule has 7 N–H and O–H groups in total. The van der Waals surface area contributed by atoms with E-state index >= 15 is 0 Å². The second-order valence-corrected chi connectivity index (χ2v) is 23.2. The molecule has 0 radical (unpaired) electrons. The Morgan fingerprint density at radius 3 is 1.97 bits per heavy atom. The van der Waals surface area contributed by atoms with Crippen molar-refractivity contribution >= 4 is 91.9 Å². The number of aryl methyl sites for hydroxylation is 1. The molecular formula is C47H41N7O16S4. The van der Waals surface area contributed by atoms with Crippen LogP contribution in [0.3, 0.4) is 0 Å². The van der Waals surface area contributed by atoms with Gasteiger partial charge in [0.25, 0.3) is 46.0 Å². The van der Waals surface area contributed by atoms with Crippen molar-refractivity contribution < 1.29 is 66.2 Å². The summed E-state index contributed by atoms with van der Waals surface area (Å²) in [5.74, 6) is -1.62. The number of ether oxygens (including phenoxy) is 1. The summed E-state index contributed by atoms with van der Waals surface area (Å²) in [6, 6.07) is 18.2. The number of anilines is 5. The van der Waals surface area contributed by atoms with E-state index in [1.165, 1.54) is 61.6 Å². The molecule has 2 unspecified atom stereocenters. The molecule has 2 aliphatic carbocycles. The summed E-state index contributed by atoms with van der Waals surface area (Å²) in [5.41, 5.74) is -3.24. The van der Waals surface area contributed by atoms with Gasteiger partial charge in [0.05, 0.1) is 43.5 Å². The zero-order valence-electron chi connectivity index (χ0n) is 38.5. The Kier molecular flexibility index (Phi) is 13.3. The average Bonchev–Trinajstić information content (AvgIpc) is 3.32. The number of benzene rings is 5. The Balaban J connectivity index is 1.19. The first-order valence-electron chi connectivity index (χ1n) is 22.1. The Morgan fingerprint density at radius 1 is 0.676 bits per heavy atom. The molecular weight excluding hydrogens is 1050 g/mol. The largest absolute Gasteiger partial charge is 0.424 e. The van der Waals surface area contributed by atoms with E-state index < -0.39 is 106 Å². The Hall–Kier alpha value is -7.50. The molecule has 0 spiro atoms. The smallest absolute Gasteiger partial charge is 0.328 e. The quantitative estimate of drug-likeness (QED) is 0.0416. The first kappa shape index (κ1) is 51.4. The van der Waals surface area contributed by atoms with Crippen molar-refractivity contribution in [1.29, 1.82) is 0 Å². The minimum atomic E-state index is -5.43. The lowest BCUT2D eigenvalue weighted by Crippen LogP contribution is -2.29. The number of pyridine rings is 1. The molecule has 0 aliphatic heterocycles. The maximum absolute atomic E-state index is 14.7. The standard InChI is InChI=1S/C47H41N7O16S4/c1-24-7-5-8-25(19-24)23-48-45-51-46(53-47(52-45)70-27-13-15-28(16-14-27)71(58,59)60)50-34-21-33(36(73(64,65)66)22-37(34)74(67,68)69)49-32-17-18-35-40-38(30-11-3-4-12-31(30)43(56)39(32)40)41(44(57)54(35)2)42(55)26-9-6-10-29(20-26)72(61,62)63/h3-4,6,9-18,20-22,24-25,49H,5,7-8,19,23H2,1-2H3,(H,58,59,60)(H,61,62,63)(H,64,65,66)(H,67,68,69)(H2,48,50,51,52,53). The van der Waals surface area contributed by atoms with Gasteiger partial charge in [-0.2, -0.15) is 48.6 Å². The highest BCUT2D eigenvalue weighted by Gasteiger charge is 2.35. The Bertz CT molecular complexity index is 4060. The Morgan fingerprint density at radius 2 is 1.32 bits per heavy atom. The van der Waals surface area contributed by atoms with Crippen molar-refractivity contribution in [2.24, 2.45) is 18.9 Å². The van der Waals surface area contributed by atoms with E-state index in [4.69, 9.17) is 4.74 Å². The molecule has 23 nitrogen and oxygen atoms in total. The van der Waals surface area contributed by atoms with E-state index in [2.05, 4.69) is 37.8 Å². The highest BCUT2D eigenvalue weighted by molar-refractivity contribution is 7.87. The number of carbonyl (C=O) groups is 2. The summed E-state index contributed by atoms with van der Waals surface area (Å²) in [6.45, 7) is 2.51. The van der Waals surface area contributed by atoms with E-state index in [0.717, 1.165) is 60.6 Å². The number of aromatic nitrogens is 4. The van der Waals surface area contributed by atoms with Crippen molar-refractivity contribution in [2.75, 3.05) is 22.5 Å². The highest BCUT2D eigenvalue weighted by atomic mass is 32.2. The average molecular weight is 1090 g/mol. The zero-order valence-corrected chi connectivity index (χ0v) is 41.8. The highest BCUT2D eigenvalue weighted by Crippen LogP contribution is 2.45. The zero-order chi connectivity index (χ0) is 53.2. The fourth-order valence-electron chi connectivity index (χ4n) is 9.18. The van der Waals surface area contributed by atoms with Crippen LogP contribution in [0.4, 0.5) is 29.0 Å². The topological polar surface area (TPSA) is 358 Å². The van der Waals surface area contributed by atoms with Crippen LogP contribution >= 0.6 is 0 Å². The second kappa shape index (κ2) is 19.1. The van der Waals surface area contributed by atoms with Gasteiger partial charge in [0.15, 0.2) is 11.6 Å². The molecule has 0 amide bonds. The summed E-state index contributed by atoms with van der Waals surface area (Å²) in [4.78, 5) is 53.0.